The highest BCUT2D eigenvalue weighted by atomic mass is 35.5. The van der Waals surface area contributed by atoms with Gasteiger partial charge in [0.2, 0.25) is 15.3 Å². The number of ether oxygens (including phenoxy) is 2. The van der Waals surface area contributed by atoms with E-state index in [1.807, 2.05) is 18.2 Å². The SMILES string of the molecule is COc1ccc(S(=O)(=O)c2cn(Cc3ccccc3Cl)c3ccc(OC)cc3c2=O)cc1. The molecule has 0 aliphatic carbocycles. The van der Waals surface area contributed by atoms with E-state index in [1.165, 1.54) is 32.5 Å². The van der Waals surface area contributed by atoms with Gasteiger partial charge in [-0.3, -0.25) is 4.79 Å². The maximum absolute atomic E-state index is 13.4. The molecule has 6 nitrogen and oxygen atoms in total. The van der Waals surface area contributed by atoms with E-state index in [2.05, 4.69) is 0 Å². The molecule has 0 bridgehead atoms. The minimum atomic E-state index is -4.09. The zero-order valence-electron chi connectivity index (χ0n) is 17.4. The van der Waals surface area contributed by atoms with E-state index in [0.717, 1.165) is 5.56 Å². The van der Waals surface area contributed by atoms with E-state index in [9.17, 15) is 13.2 Å². The molecule has 0 aliphatic rings. The van der Waals surface area contributed by atoms with Crippen molar-refractivity contribution in [3.05, 3.63) is 93.7 Å². The fourth-order valence-electron chi connectivity index (χ4n) is 3.49. The molecule has 0 saturated carbocycles. The molecule has 0 fully saturated rings. The summed E-state index contributed by atoms with van der Waals surface area (Å²) < 4.78 is 38.9. The maximum Gasteiger partial charge on any atom is 0.211 e. The molecule has 1 heterocycles. The van der Waals surface area contributed by atoms with Gasteiger partial charge in [0, 0.05) is 17.8 Å². The Labute approximate surface area is 190 Å². The Morgan fingerprint density at radius 2 is 1.56 bits per heavy atom. The van der Waals surface area contributed by atoms with Gasteiger partial charge in [0.15, 0.2) is 0 Å². The summed E-state index contributed by atoms with van der Waals surface area (Å²) in [6.07, 6.45) is 1.38. The van der Waals surface area contributed by atoms with Crippen molar-refractivity contribution in [3.63, 3.8) is 0 Å². The first-order chi connectivity index (χ1) is 15.3. The lowest BCUT2D eigenvalue weighted by Crippen LogP contribution is -2.19. The molecule has 3 aromatic carbocycles. The van der Waals surface area contributed by atoms with Gasteiger partial charge < -0.3 is 14.0 Å². The van der Waals surface area contributed by atoms with Crippen molar-refractivity contribution in [1.82, 2.24) is 4.57 Å². The van der Waals surface area contributed by atoms with Crippen LogP contribution in [0.3, 0.4) is 0 Å². The summed E-state index contributed by atoms with van der Waals surface area (Å²) in [5.41, 5.74) is 0.775. The number of fused-ring (bicyclic) bond motifs is 1. The average molecular weight is 470 g/mol. The first-order valence-electron chi connectivity index (χ1n) is 9.69. The van der Waals surface area contributed by atoms with E-state index in [0.29, 0.717) is 22.0 Å². The van der Waals surface area contributed by atoms with Crippen molar-refractivity contribution in [1.29, 1.82) is 0 Å². The minimum absolute atomic E-state index is 0.00180. The highest BCUT2D eigenvalue weighted by Gasteiger charge is 2.24. The van der Waals surface area contributed by atoms with Crippen LogP contribution in [0.5, 0.6) is 11.5 Å². The van der Waals surface area contributed by atoms with Crippen LogP contribution in [-0.2, 0) is 16.4 Å². The maximum atomic E-state index is 13.4. The first kappa shape index (κ1) is 21.9. The summed E-state index contributed by atoms with van der Waals surface area (Å²) >= 11 is 6.33. The molecule has 8 heteroatoms. The lowest BCUT2D eigenvalue weighted by atomic mass is 10.1. The fraction of sp³-hybridized carbons (Fsp3) is 0.125. The van der Waals surface area contributed by atoms with Crippen LogP contribution >= 0.6 is 11.6 Å². The lowest BCUT2D eigenvalue weighted by Gasteiger charge is -2.15. The largest absolute Gasteiger partial charge is 0.497 e. The van der Waals surface area contributed by atoms with Crippen molar-refractivity contribution >= 4 is 32.3 Å². The molecule has 0 radical (unpaired) electrons. The second-order valence-corrected chi connectivity index (χ2v) is 9.43. The molecule has 4 rings (SSSR count). The molecular weight excluding hydrogens is 450 g/mol. The zero-order valence-corrected chi connectivity index (χ0v) is 19.0. The molecule has 0 aliphatic heterocycles. The topological polar surface area (TPSA) is 74.6 Å². The predicted molar refractivity (Wildman–Crippen MR) is 124 cm³/mol. The van der Waals surface area contributed by atoms with Crippen molar-refractivity contribution in [3.8, 4) is 11.5 Å². The predicted octanol–water partition coefficient (Wildman–Crippen LogP) is 4.55. The van der Waals surface area contributed by atoms with E-state index < -0.39 is 15.3 Å². The number of rotatable bonds is 6. The first-order valence-corrected chi connectivity index (χ1v) is 11.5. The third-order valence-electron chi connectivity index (χ3n) is 5.21. The molecule has 1 aromatic heterocycles. The molecule has 0 amide bonds. The van der Waals surface area contributed by atoms with E-state index in [-0.39, 0.29) is 21.7 Å². The van der Waals surface area contributed by atoms with Crippen LogP contribution in [0.15, 0.2) is 87.5 Å². The molecule has 4 aromatic rings. The van der Waals surface area contributed by atoms with Gasteiger partial charge in [-0.1, -0.05) is 29.8 Å². The molecule has 0 spiro atoms. The van der Waals surface area contributed by atoms with Crippen LogP contribution in [0.4, 0.5) is 0 Å². The van der Waals surface area contributed by atoms with Crippen LogP contribution in [0.2, 0.25) is 5.02 Å². The average Bonchev–Trinajstić information content (AvgIpc) is 2.81. The molecule has 0 unspecified atom stereocenters. The molecule has 164 valence electrons. The summed E-state index contributed by atoms with van der Waals surface area (Å²) in [7, 11) is -1.11. The second kappa shape index (κ2) is 8.68. The van der Waals surface area contributed by atoms with Crippen LogP contribution in [0.1, 0.15) is 5.56 Å². The Morgan fingerprint density at radius 3 is 2.22 bits per heavy atom. The van der Waals surface area contributed by atoms with Gasteiger partial charge in [-0.25, -0.2) is 8.42 Å². The number of aromatic nitrogens is 1. The van der Waals surface area contributed by atoms with E-state index in [4.69, 9.17) is 21.1 Å². The van der Waals surface area contributed by atoms with Crippen LogP contribution in [-0.4, -0.2) is 27.2 Å². The number of hydrogen-bond acceptors (Lipinski definition) is 5. The van der Waals surface area contributed by atoms with Crippen molar-refractivity contribution in [2.75, 3.05) is 14.2 Å². The monoisotopic (exact) mass is 469 g/mol. The quantitative estimate of drug-likeness (QED) is 0.414. The molecule has 0 N–H and O–H groups in total. The number of hydrogen-bond donors (Lipinski definition) is 0. The van der Waals surface area contributed by atoms with Crippen LogP contribution in [0.25, 0.3) is 10.9 Å². The third kappa shape index (κ3) is 3.97. The highest BCUT2D eigenvalue weighted by molar-refractivity contribution is 7.91. The van der Waals surface area contributed by atoms with E-state index >= 15 is 0 Å². The number of halogens is 1. The minimum Gasteiger partial charge on any atom is -0.497 e. The number of benzene rings is 3. The third-order valence-corrected chi connectivity index (χ3v) is 7.34. The summed E-state index contributed by atoms with van der Waals surface area (Å²) in [5, 5.41) is 0.790. The Morgan fingerprint density at radius 1 is 0.906 bits per heavy atom. The second-order valence-electron chi connectivity index (χ2n) is 7.10. The highest BCUT2D eigenvalue weighted by Crippen LogP contribution is 2.26. The molecule has 0 atom stereocenters. The standard InChI is InChI=1S/C24H20ClNO5S/c1-30-17-7-10-19(11-8-17)32(28,29)23-15-26(14-16-5-3-4-6-21(16)25)22-12-9-18(31-2)13-20(22)24(23)27/h3-13,15H,14H2,1-2H3. The van der Waals surface area contributed by atoms with E-state index in [1.54, 1.807) is 41.0 Å². The Balaban J connectivity index is 1.97. The number of nitrogens with zero attached hydrogens (tertiary/aromatic N) is 1. The molecular formula is C24H20ClNO5S. The summed E-state index contributed by atoms with van der Waals surface area (Å²) in [6.45, 7) is 0.286. The Kier molecular flexibility index (Phi) is 5.95. The van der Waals surface area contributed by atoms with Crippen LogP contribution in [0, 0.1) is 0 Å². The van der Waals surface area contributed by atoms with Gasteiger partial charge >= 0.3 is 0 Å². The number of methoxy groups -OCH3 is 2. The summed E-state index contributed by atoms with van der Waals surface area (Å²) in [5.74, 6) is 0.973. The number of sulfone groups is 1. The van der Waals surface area contributed by atoms with Crippen LogP contribution < -0.4 is 14.9 Å². The van der Waals surface area contributed by atoms with Gasteiger partial charge in [0.1, 0.15) is 16.4 Å². The lowest BCUT2D eigenvalue weighted by molar-refractivity contribution is 0.414. The zero-order chi connectivity index (χ0) is 22.9. The van der Waals surface area contributed by atoms with Gasteiger partial charge in [-0.15, -0.1) is 0 Å². The normalized spacial score (nSPS) is 11.5. The van der Waals surface area contributed by atoms with Crippen molar-refractivity contribution in [2.45, 2.75) is 16.3 Å². The fourth-order valence-corrected chi connectivity index (χ4v) is 5.05. The van der Waals surface area contributed by atoms with Gasteiger partial charge in [0.25, 0.3) is 0 Å². The molecule has 32 heavy (non-hydrogen) atoms. The van der Waals surface area contributed by atoms with Crippen molar-refractivity contribution in [2.24, 2.45) is 0 Å². The van der Waals surface area contributed by atoms with Crippen molar-refractivity contribution < 1.29 is 17.9 Å². The Hall–Kier alpha value is -3.29. The summed E-state index contributed by atoms with van der Waals surface area (Å²) in [4.78, 5) is 13.0. The smallest absolute Gasteiger partial charge is 0.211 e. The summed E-state index contributed by atoms with van der Waals surface area (Å²) in [6, 6.07) is 18.2. The number of pyridine rings is 1. The van der Waals surface area contributed by atoms with Gasteiger partial charge in [-0.05, 0) is 54.1 Å². The Bertz CT molecular complexity index is 1460. The molecule has 0 saturated heterocycles. The van der Waals surface area contributed by atoms with Gasteiger partial charge in [0.05, 0.1) is 30.0 Å². The van der Waals surface area contributed by atoms with Gasteiger partial charge in [-0.2, -0.15) is 0 Å².